The molecule has 0 saturated heterocycles. The Morgan fingerprint density at radius 2 is 2.08 bits per heavy atom. The summed E-state index contributed by atoms with van der Waals surface area (Å²) in [6.45, 7) is 0. The SMILES string of the molecule is N#Cc1cc(C(=O)Cl)cc(Br)c1Br. The van der Waals surface area contributed by atoms with Crippen molar-refractivity contribution in [2.45, 2.75) is 0 Å². The van der Waals surface area contributed by atoms with E-state index in [1.807, 2.05) is 6.07 Å². The first-order valence-electron chi connectivity index (χ1n) is 3.15. The molecule has 0 N–H and O–H groups in total. The Kier molecular flexibility index (Phi) is 3.48. The molecule has 0 aliphatic heterocycles. The highest BCUT2D eigenvalue weighted by molar-refractivity contribution is 9.13. The van der Waals surface area contributed by atoms with Crippen LogP contribution in [-0.4, -0.2) is 5.24 Å². The van der Waals surface area contributed by atoms with Crippen LogP contribution in [0.25, 0.3) is 0 Å². The smallest absolute Gasteiger partial charge is 0.252 e. The molecular formula is C8H2Br2ClNO. The number of halogens is 3. The maximum Gasteiger partial charge on any atom is 0.252 e. The Hall–Kier alpha value is -0.370. The molecular weight excluding hydrogens is 321 g/mol. The van der Waals surface area contributed by atoms with E-state index >= 15 is 0 Å². The van der Waals surface area contributed by atoms with Crippen molar-refractivity contribution in [1.82, 2.24) is 0 Å². The summed E-state index contributed by atoms with van der Waals surface area (Å²) < 4.78 is 1.26. The van der Waals surface area contributed by atoms with Gasteiger partial charge in [0.25, 0.3) is 5.24 Å². The number of carbonyl (C=O) groups is 1. The molecule has 0 unspecified atom stereocenters. The normalized spacial score (nSPS) is 9.38. The van der Waals surface area contributed by atoms with Gasteiger partial charge in [0, 0.05) is 14.5 Å². The maximum atomic E-state index is 10.8. The van der Waals surface area contributed by atoms with E-state index in [1.165, 1.54) is 6.07 Å². The fraction of sp³-hybridized carbons (Fsp3) is 0. The van der Waals surface area contributed by atoms with Crippen LogP contribution in [0, 0.1) is 11.3 Å². The van der Waals surface area contributed by atoms with Crippen molar-refractivity contribution in [3.63, 3.8) is 0 Å². The summed E-state index contributed by atoms with van der Waals surface area (Å²) in [4.78, 5) is 10.8. The number of carbonyl (C=O) groups excluding carboxylic acids is 1. The van der Waals surface area contributed by atoms with Crippen LogP contribution in [0.5, 0.6) is 0 Å². The highest BCUT2D eigenvalue weighted by atomic mass is 79.9. The van der Waals surface area contributed by atoms with Gasteiger partial charge in [-0.2, -0.15) is 5.26 Å². The zero-order valence-corrected chi connectivity index (χ0v) is 10.1. The van der Waals surface area contributed by atoms with Crippen LogP contribution < -0.4 is 0 Å². The predicted molar refractivity (Wildman–Crippen MR) is 56.7 cm³/mol. The minimum absolute atomic E-state index is 0.299. The number of rotatable bonds is 1. The Bertz CT molecular complexity index is 411. The number of hydrogen-bond donors (Lipinski definition) is 0. The second kappa shape index (κ2) is 4.23. The van der Waals surface area contributed by atoms with Crippen molar-refractivity contribution in [2.75, 3.05) is 0 Å². The van der Waals surface area contributed by atoms with Gasteiger partial charge in [0.2, 0.25) is 0 Å². The lowest BCUT2D eigenvalue weighted by Crippen LogP contribution is -1.91. The minimum Gasteiger partial charge on any atom is -0.276 e. The molecule has 0 fully saturated rings. The van der Waals surface area contributed by atoms with Crippen molar-refractivity contribution < 1.29 is 4.79 Å². The van der Waals surface area contributed by atoms with E-state index in [2.05, 4.69) is 31.9 Å². The van der Waals surface area contributed by atoms with Crippen LogP contribution in [0.4, 0.5) is 0 Å². The average Bonchev–Trinajstić information content (AvgIpc) is 2.09. The second-order valence-electron chi connectivity index (χ2n) is 2.21. The third-order valence-corrected chi connectivity index (χ3v) is 3.61. The van der Waals surface area contributed by atoms with Crippen molar-refractivity contribution in [3.8, 4) is 6.07 Å². The van der Waals surface area contributed by atoms with Gasteiger partial charge in [0.1, 0.15) is 6.07 Å². The van der Waals surface area contributed by atoms with Gasteiger partial charge in [0.05, 0.1) is 5.56 Å². The van der Waals surface area contributed by atoms with Gasteiger partial charge in [-0.3, -0.25) is 4.79 Å². The first-order valence-corrected chi connectivity index (χ1v) is 5.11. The first kappa shape index (κ1) is 10.7. The maximum absolute atomic E-state index is 10.8. The van der Waals surface area contributed by atoms with Crippen molar-refractivity contribution in [3.05, 3.63) is 32.2 Å². The van der Waals surface area contributed by atoms with E-state index in [0.29, 0.717) is 20.1 Å². The van der Waals surface area contributed by atoms with E-state index in [-0.39, 0.29) is 0 Å². The summed E-state index contributed by atoms with van der Waals surface area (Å²) in [5, 5.41) is 8.11. The molecule has 13 heavy (non-hydrogen) atoms. The number of hydrogen-bond acceptors (Lipinski definition) is 2. The molecule has 1 aromatic carbocycles. The standard InChI is InChI=1S/C8H2Br2ClNO/c9-6-2-4(8(11)13)1-5(3-12)7(6)10/h1-2H. The summed E-state index contributed by atoms with van der Waals surface area (Å²) in [6, 6.07) is 4.93. The van der Waals surface area contributed by atoms with Crippen LogP contribution in [0.3, 0.4) is 0 Å². The molecule has 0 saturated carbocycles. The van der Waals surface area contributed by atoms with Gasteiger partial charge in [-0.1, -0.05) is 0 Å². The molecule has 1 rings (SSSR count). The Morgan fingerprint density at radius 1 is 1.46 bits per heavy atom. The van der Waals surface area contributed by atoms with Gasteiger partial charge in [-0.25, -0.2) is 0 Å². The lowest BCUT2D eigenvalue weighted by molar-refractivity contribution is 0.108. The molecule has 5 heteroatoms. The van der Waals surface area contributed by atoms with Crippen LogP contribution >= 0.6 is 43.5 Å². The largest absolute Gasteiger partial charge is 0.276 e. The molecule has 0 radical (unpaired) electrons. The predicted octanol–water partition coefficient (Wildman–Crippen LogP) is 3.46. The van der Waals surface area contributed by atoms with E-state index in [4.69, 9.17) is 16.9 Å². The molecule has 0 spiro atoms. The Labute approximate surface area is 96.8 Å². The second-order valence-corrected chi connectivity index (χ2v) is 4.20. The van der Waals surface area contributed by atoms with E-state index in [0.717, 1.165) is 0 Å². The number of nitriles is 1. The molecule has 0 aliphatic rings. The van der Waals surface area contributed by atoms with Crippen LogP contribution in [-0.2, 0) is 0 Å². The molecule has 0 amide bonds. The summed E-state index contributed by atoms with van der Waals surface area (Å²) >= 11 is 11.7. The topological polar surface area (TPSA) is 40.9 Å². The van der Waals surface area contributed by atoms with Gasteiger partial charge < -0.3 is 0 Å². The minimum atomic E-state index is -0.579. The van der Waals surface area contributed by atoms with Crippen LogP contribution in [0.15, 0.2) is 21.1 Å². The lowest BCUT2D eigenvalue weighted by Gasteiger charge is -2.00. The van der Waals surface area contributed by atoms with Gasteiger partial charge >= 0.3 is 0 Å². The number of nitrogens with zero attached hydrogens (tertiary/aromatic N) is 1. The molecule has 0 aromatic heterocycles. The van der Waals surface area contributed by atoms with E-state index in [9.17, 15) is 4.79 Å². The molecule has 0 atom stereocenters. The first-order chi connectivity index (χ1) is 6.06. The molecule has 0 heterocycles. The summed E-state index contributed by atoms with van der Waals surface area (Å²) in [6.07, 6.45) is 0. The van der Waals surface area contributed by atoms with Gasteiger partial charge in [-0.15, -0.1) is 0 Å². The summed E-state index contributed by atoms with van der Waals surface area (Å²) in [5.41, 5.74) is 0.673. The van der Waals surface area contributed by atoms with Crippen LogP contribution in [0.2, 0.25) is 0 Å². The molecule has 1 aromatic rings. The quantitative estimate of drug-likeness (QED) is 0.743. The Balaban J connectivity index is 3.41. The zero-order valence-electron chi connectivity index (χ0n) is 6.14. The summed E-state index contributed by atoms with van der Waals surface area (Å²) in [5.74, 6) is 0. The molecule has 0 aliphatic carbocycles. The Morgan fingerprint density at radius 3 is 2.54 bits per heavy atom. The van der Waals surface area contributed by atoms with E-state index in [1.54, 1.807) is 6.07 Å². The fourth-order valence-corrected chi connectivity index (χ4v) is 1.67. The zero-order chi connectivity index (χ0) is 10.0. The van der Waals surface area contributed by atoms with Crippen molar-refractivity contribution >= 4 is 48.7 Å². The highest BCUT2D eigenvalue weighted by Gasteiger charge is 2.09. The molecule has 66 valence electrons. The molecule has 2 nitrogen and oxygen atoms in total. The third kappa shape index (κ3) is 2.31. The number of benzene rings is 1. The van der Waals surface area contributed by atoms with Crippen LogP contribution in [0.1, 0.15) is 15.9 Å². The molecule has 0 bridgehead atoms. The summed E-state index contributed by atoms with van der Waals surface area (Å²) in [7, 11) is 0. The van der Waals surface area contributed by atoms with E-state index < -0.39 is 5.24 Å². The highest BCUT2D eigenvalue weighted by Crippen LogP contribution is 2.28. The fourth-order valence-electron chi connectivity index (χ4n) is 0.784. The van der Waals surface area contributed by atoms with Crippen molar-refractivity contribution in [1.29, 1.82) is 5.26 Å². The van der Waals surface area contributed by atoms with Crippen molar-refractivity contribution in [2.24, 2.45) is 0 Å². The average molecular weight is 323 g/mol. The third-order valence-electron chi connectivity index (χ3n) is 1.38. The van der Waals surface area contributed by atoms with Gasteiger partial charge in [-0.05, 0) is 55.6 Å². The lowest BCUT2D eigenvalue weighted by atomic mass is 10.1. The van der Waals surface area contributed by atoms with Gasteiger partial charge in [0.15, 0.2) is 0 Å². The monoisotopic (exact) mass is 321 g/mol.